The lowest BCUT2D eigenvalue weighted by atomic mass is 10.5. The number of thiazole rings is 1. The molecule has 3 rings (SSSR count). The zero-order valence-electron chi connectivity index (χ0n) is 9.72. The van der Waals surface area contributed by atoms with Crippen molar-refractivity contribution in [3.8, 4) is 0 Å². The minimum atomic E-state index is -0.606. The average molecular weight is 271 g/mol. The smallest absolute Gasteiger partial charge is 0.185 e. The first kappa shape index (κ1) is 11.6. The third-order valence-corrected chi connectivity index (χ3v) is 5.47. The van der Waals surface area contributed by atoms with Crippen molar-refractivity contribution in [2.24, 2.45) is 0 Å². The Kier molecular flexibility index (Phi) is 3.44. The maximum absolute atomic E-state index is 11.3. The Morgan fingerprint density at radius 3 is 2.94 bits per heavy atom. The average Bonchev–Trinajstić information content (AvgIpc) is 3.06. The van der Waals surface area contributed by atoms with Gasteiger partial charge < -0.3 is 10.2 Å². The van der Waals surface area contributed by atoms with Gasteiger partial charge in [-0.15, -0.1) is 11.3 Å². The molecule has 4 nitrogen and oxygen atoms in total. The van der Waals surface area contributed by atoms with E-state index < -0.39 is 10.8 Å². The molecular formula is C11H17N3OS2. The SMILES string of the molecule is O=S1CCN(c2ncc(CNC3CC3)s2)CC1. The fourth-order valence-electron chi connectivity index (χ4n) is 1.89. The fourth-order valence-corrected chi connectivity index (χ4v) is 3.85. The molecule has 0 unspecified atom stereocenters. The monoisotopic (exact) mass is 271 g/mol. The van der Waals surface area contributed by atoms with E-state index in [9.17, 15) is 4.21 Å². The minimum absolute atomic E-state index is 0.606. The van der Waals surface area contributed by atoms with Crippen molar-refractivity contribution in [2.45, 2.75) is 25.4 Å². The molecule has 1 saturated heterocycles. The molecule has 0 radical (unpaired) electrons. The van der Waals surface area contributed by atoms with Crippen LogP contribution in [0.2, 0.25) is 0 Å². The number of hydrogen-bond donors (Lipinski definition) is 1. The van der Waals surface area contributed by atoms with Crippen LogP contribution in [0.4, 0.5) is 5.13 Å². The normalized spacial score (nSPS) is 22.0. The van der Waals surface area contributed by atoms with Crippen LogP contribution in [0.15, 0.2) is 6.20 Å². The summed E-state index contributed by atoms with van der Waals surface area (Å²) in [7, 11) is -0.606. The Morgan fingerprint density at radius 1 is 1.47 bits per heavy atom. The summed E-state index contributed by atoms with van der Waals surface area (Å²) in [5.41, 5.74) is 0. The Bertz CT molecular complexity index is 407. The standard InChI is InChI=1S/C11H17N3OS2/c15-17-5-3-14(4-6-17)11-13-8-10(16-11)7-12-9-1-2-9/h8-9,12H,1-7H2. The van der Waals surface area contributed by atoms with Crippen LogP contribution in [0.1, 0.15) is 17.7 Å². The van der Waals surface area contributed by atoms with Crippen LogP contribution in [0.5, 0.6) is 0 Å². The molecule has 1 saturated carbocycles. The van der Waals surface area contributed by atoms with Crippen LogP contribution < -0.4 is 10.2 Å². The quantitative estimate of drug-likeness (QED) is 0.886. The number of nitrogens with zero attached hydrogens (tertiary/aromatic N) is 2. The second kappa shape index (κ2) is 5.04. The molecule has 0 bridgehead atoms. The van der Waals surface area contributed by atoms with Crippen molar-refractivity contribution in [1.29, 1.82) is 0 Å². The van der Waals surface area contributed by atoms with Crippen LogP contribution in [0.3, 0.4) is 0 Å². The summed E-state index contributed by atoms with van der Waals surface area (Å²) in [4.78, 5) is 8.03. The van der Waals surface area contributed by atoms with Crippen molar-refractivity contribution in [3.05, 3.63) is 11.1 Å². The first-order chi connectivity index (χ1) is 8.31. The van der Waals surface area contributed by atoms with Gasteiger partial charge >= 0.3 is 0 Å². The van der Waals surface area contributed by atoms with Crippen molar-refractivity contribution in [1.82, 2.24) is 10.3 Å². The molecule has 1 aliphatic heterocycles. The molecule has 1 aromatic heterocycles. The molecule has 1 N–H and O–H groups in total. The van der Waals surface area contributed by atoms with Gasteiger partial charge in [0.2, 0.25) is 0 Å². The summed E-state index contributed by atoms with van der Waals surface area (Å²) in [6, 6.07) is 0.748. The van der Waals surface area contributed by atoms with Gasteiger partial charge in [0.25, 0.3) is 0 Å². The second-order valence-corrected chi connectivity index (χ2v) is 7.39. The maximum Gasteiger partial charge on any atom is 0.185 e. The van der Waals surface area contributed by atoms with Crippen molar-refractivity contribution >= 4 is 27.3 Å². The molecule has 17 heavy (non-hydrogen) atoms. The zero-order valence-corrected chi connectivity index (χ0v) is 11.4. The minimum Gasteiger partial charge on any atom is -0.346 e. The lowest BCUT2D eigenvalue weighted by Crippen LogP contribution is -2.37. The van der Waals surface area contributed by atoms with E-state index in [1.54, 1.807) is 11.3 Å². The van der Waals surface area contributed by atoms with E-state index in [0.717, 1.165) is 42.3 Å². The van der Waals surface area contributed by atoms with E-state index in [1.165, 1.54) is 17.7 Å². The molecule has 0 atom stereocenters. The van der Waals surface area contributed by atoms with E-state index in [-0.39, 0.29) is 0 Å². The van der Waals surface area contributed by atoms with Crippen LogP contribution in [-0.2, 0) is 17.3 Å². The first-order valence-electron chi connectivity index (χ1n) is 6.09. The lowest BCUT2D eigenvalue weighted by Gasteiger charge is -2.25. The van der Waals surface area contributed by atoms with Gasteiger partial charge in [-0.25, -0.2) is 4.98 Å². The molecule has 2 heterocycles. The maximum atomic E-state index is 11.3. The predicted molar refractivity (Wildman–Crippen MR) is 72.1 cm³/mol. The number of anilines is 1. The molecule has 94 valence electrons. The van der Waals surface area contributed by atoms with Gasteiger partial charge in [0, 0.05) is 59.1 Å². The fraction of sp³-hybridized carbons (Fsp3) is 0.727. The van der Waals surface area contributed by atoms with Crippen LogP contribution in [-0.4, -0.2) is 39.8 Å². The summed E-state index contributed by atoms with van der Waals surface area (Å²) < 4.78 is 11.3. The summed E-state index contributed by atoms with van der Waals surface area (Å²) in [5.74, 6) is 1.57. The van der Waals surface area contributed by atoms with Crippen LogP contribution >= 0.6 is 11.3 Å². The number of rotatable bonds is 4. The Labute approximate surface area is 108 Å². The van der Waals surface area contributed by atoms with Gasteiger partial charge in [0.1, 0.15) is 0 Å². The highest BCUT2D eigenvalue weighted by molar-refractivity contribution is 7.85. The van der Waals surface area contributed by atoms with E-state index >= 15 is 0 Å². The first-order valence-corrected chi connectivity index (χ1v) is 8.40. The largest absolute Gasteiger partial charge is 0.346 e. The third kappa shape index (κ3) is 3.05. The zero-order chi connectivity index (χ0) is 11.7. The Hall–Kier alpha value is -0.460. The summed E-state index contributed by atoms with van der Waals surface area (Å²) in [6.45, 7) is 2.72. The molecule has 1 aliphatic carbocycles. The summed E-state index contributed by atoms with van der Waals surface area (Å²) in [6.07, 6.45) is 4.62. The number of aromatic nitrogens is 1. The van der Waals surface area contributed by atoms with Gasteiger partial charge in [-0.2, -0.15) is 0 Å². The topological polar surface area (TPSA) is 45.2 Å². The van der Waals surface area contributed by atoms with E-state index in [1.807, 2.05) is 6.20 Å². The molecule has 0 spiro atoms. The molecule has 0 amide bonds. The molecule has 6 heteroatoms. The Morgan fingerprint density at radius 2 is 2.24 bits per heavy atom. The van der Waals surface area contributed by atoms with Crippen LogP contribution in [0.25, 0.3) is 0 Å². The Balaban J connectivity index is 1.57. The van der Waals surface area contributed by atoms with Crippen molar-refractivity contribution < 1.29 is 4.21 Å². The lowest BCUT2D eigenvalue weighted by molar-refractivity contribution is 0.673. The van der Waals surface area contributed by atoms with Gasteiger partial charge in [-0.05, 0) is 12.8 Å². The molecular weight excluding hydrogens is 254 g/mol. The van der Waals surface area contributed by atoms with Gasteiger partial charge in [0.15, 0.2) is 5.13 Å². The van der Waals surface area contributed by atoms with Gasteiger partial charge in [-0.1, -0.05) is 0 Å². The van der Waals surface area contributed by atoms with E-state index in [2.05, 4.69) is 15.2 Å². The molecule has 0 aromatic carbocycles. The van der Waals surface area contributed by atoms with E-state index in [0.29, 0.717) is 0 Å². The van der Waals surface area contributed by atoms with Crippen LogP contribution in [0, 0.1) is 0 Å². The van der Waals surface area contributed by atoms with E-state index in [4.69, 9.17) is 0 Å². The van der Waals surface area contributed by atoms with Crippen molar-refractivity contribution in [3.63, 3.8) is 0 Å². The second-order valence-electron chi connectivity index (χ2n) is 4.60. The summed E-state index contributed by atoms with van der Waals surface area (Å²) >= 11 is 1.76. The van der Waals surface area contributed by atoms with Gasteiger partial charge in [-0.3, -0.25) is 4.21 Å². The molecule has 2 fully saturated rings. The summed E-state index contributed by atoms with van der Waals surface area (Å²) in [5, 5.41) is 4.59. The van der Waals surface area contributed by atoms with Gasteiger partial charge in [0.05, 0.1) is 0 Å². The van der Waals surface area contributed by atoms with Crippen molar-refractivity contribution in [2.75, 3.05) is 29.5 Å². The molecule has 1 aromatic rings. The molecule has 2 aliphatic rings. The number of nitrogens with one attached hydrogen (secondary N) is 1. The predicted octanol–water partition coefficient (Wildman–Crippen LogP) is 0.964. The highest BCUT2D eigenvalue weighted by Crippen LogP contribution is 2.25. The highest BCUT2D eigenvalue weighted by Gasteiger charge is 2.21. The third-order valence-electron chi connectivity index (χ3n) is 3.13. The highest BCUT2D eigenvalue weighted by atomic mass is 32.2. The number of hydrogen-bond acceptors (Lipinski definition) is 5.